The van der Waals surface area contributed by atoms with Gasteiger partial charge in [-0.05, 0) is 0 Å². The van der Waals surface area contributed by atoms with Crippen molar-refractivity contribution < 1.29 is 121 Å². The van der Waals surface area contributed by atoms with Gasteiger partial charge < -0.3 is 32.8 Å². The van der Waals surface area contributed by atoms with E-state index in [2.05, 4.69) is 0 Å². The number of nitrogens with zero attached hydrogens (tertiary/aromatic N) is 2. The topological polar surface area (TPSA) is 156 Å². The monoisotopic (exact) mass is 460 g/mol. The quantitative estimate of drug-likeness (QED) is 0.234. The van der Waals surface area contributed by atoms with Crippen LogP contribution in [-0.4, -0.2) is 93.4 Å². The van der Waals surface area contributed by atoms with Gasteiger partial charge in [-0.2, -0.15) is 0 Å². The van der Waals surface area contributed by atoms with Crippen LogP contribution in [-0.2, 0) is 19.2 Å². The van der Waals surface area contributed by atoms with Crippen molar-refractivity contribution in [2.24, 2.45) is 0 Å². The average Bonchev–Trinajstić information content (AvgIpc) is 2.22. The molecule has 0 aliphatic carbocycles. The number of rotatable bonds is 11. The zero-order chi connectivity index (χ0) is 15.7. The zero-order valence-electron chi connectivity index (χ0n) is 11.9. The summed E-state index contributed by atoms with van der Waals surface area (Å²) in [6.07, 6.45) is 0. The van der Waals surface area contributed by atoms with Gasteiger partial charge in [0, 0.05) is 13.1 Å². The summed E-state index contributed by atoms with van der Waals surface area (Å²) >= 11 is 0. The van der Waals surface area contributed by atoms with Gasteiger partial charge >= 0.3 is 92.8 Å². The number of carboxylic acids is 4. The Bertz CT molecular complexity index is 327. The number of hydrogen-bond acceptors (Lipinski definition) is 6. The fourth-order valence-electron chi connectivity index (χ4n) is 1.48. The molecular formula is C10H16ClCsN2O8. The first-order valence-electron chi connectivity index (χ1n) is 5.52. The molecular weight excluding hydrogens is 444 g/mol. The van der Waals surface area contributed by atoms with Gasteiger partial charge in [-0.25, -0.2) is 0 Å². The Morgan fingerprint density at radius 3 is 0.909 bits per heavy atom. The Hall–Kier alpha value is 0.142. The molecule has 0 aromatic carbocycles. The molecule has 0 fully saturated rings. The number of halogens is 1. The van der Waals surface area contributed by atoms with E-state index in [4.69, 9.17) is 20.4 Å². The number of carboxylic acid groups (broad SMARTS) is 4. The Kier molecular flexibility index (Phi) is 18.1. The van der Waals surface area contributed by atoms with E-state index in [1.807, 2.05) is 0 Å². The van der Waals surface area contributed by atoms with E-state index >= 15 is 0 Å². The van der Waals surface area contributed by atoms with E-state index in [0.717, 1.165) is 9.80 Å². The third kappa shape index (κ3) is 16.5. The maximum atomic E-state index is 10.6. The fourth-order valence-corrected chi connectivity index (χ4v) is 1.48. The molecule has 0 rings (SSSR count). The van der Waals surface area contributed by atoms with E-state index in [-0.39, 0.29) is 94.4 Å². The van der Waals surface area contributed by atoms with Crippen molar-refractivity contribution in [3.8, 4) is 0 Å². The summed E-state index contributed by atoms with van der Waals surface area (Å²) < 4.78 is 0. The summed E-state index contributed by atoms with van der Waals surface area (Å²) in [7, 11) is 0. The van der Waals surface area contributed by atoms with E-state index < -0.39 is 50.1 Å². The molecule has 22 heavy (non-hydrogen) atoms. The van der Waals surface area contributed by atoms with Crippen molar-refractivity contribution in [2.45, 2.75) is 0 Å². The standard InChI is InChI=1S/C10H16N2O8.ClH.Cs/c13-7(14)3-11(4-8(15)16)1-2-12(5-9(17)18)6-10(19)20;;/h1-6H2,(H,13,14)(H,15,16)(H,17,18)(H,19,20);1H;/q;;+1/p-1. The molecule has 12 heteroatoms. The zero-order valence-corrected chi connectivity index (χ0v) is 19.0. The smallest absolute Gasteiger partial charge is 1.00 e. The Labute approximate surface area is 191 Å². The number of aliphatic carboxylic acids is 4. The third-order valence-corrected chi connectivity index (χ3v) is 2.17. The van der Waals surface area contributed by atoms with Gasteiger partial charge in [0.05, 0.1) is 26.2 Å². The van der Waals surface area contributed by atoms with Crippen LogP contribution >= 0.6 is 0 Å². The summed E-state index contributed by atoms with van der Waals surface area (Å²) in [5.41, 5.74) is 0. The molecule has 4 N–H and O–H groups in total. The molecule has 10 nitrogen and oxygen atoms in total. The van der Waals surface area contributed by atoms with Gasteiger partial charge in [-0.1, -0.05) is 0 Å². The number of hydrogen-bond donors (Lipinski definition) is 4. The van der Waals surface area contributed by atoms with Crippen LogP contribution in [0, 0.1) is 0 Å². The van der Waals surface area contributed by atoms with Gasteiger partial charge in [0.2, 0.25) is 0 Å². The van der Waals surface area contributed by atoms with Crippen LogP contribution in [0.1, 0.15) is 0 Å². The van der Waals surface area contributed by atoms with Gasteiger partial charge in [0.25, 0.3) is 0 Å². The Morgan fingerprint density at radius 1 is 0.591 bits per heavy atom. The molecule has 0 aliphatic rings. The number of carbonyl (C=O) groups is 4. The second kappa shape index (κ2) is 14.7. The van der Waals surface area contributed by atoms with Crippen molar-refractivity contribution >= 4 is 23.9 Å². The van der Waals surface area contributed by atoms with Crippen molar-refractivity contribution in [2.75, 3.05) is 39.3 Å². The van der Waals surface area contributed by atoms with Crippen LogP contribution in [0.25, 0.3) is 0 Å². The minimum Gasteiger partial charge on any atom is -1.00 e. The summed E-state index contributed by atoms with van der Waals surface area (Å²) in [4.78, 5) is 44.4. The van der Waals surface area contributed by atoms with Crippen molar-refractivity contribution in [3.05, 3.63) is 0 Å². The molecule has 0 aromatic heterocycles. The van der Waals surface area contributed by atoms with Gasteiger partial charge in [-0.3, -0.25) is 29.0 Å². The first kappa shape index (κ1) is 27.0. The molecule has 0 aliphatic heterocycles. The van der Waals surface area contributed by atoms with Crippen LogP contribution in [0.15, 0.2) is 0 Å². The predicted molar refractivity (Wildman–Crippen MR) is 63.4 cm³/mol. The maximum Gasteiger partial charge on any atom is 1.00 e. The van der Waals surface area contributed by atoms with Gasteiger partial charge in [-0.15, -0.1) is 0 Å². The second-order valence-electron chi connectivity index (χ2n) is 4.00. The predicted octanol–water partition coefficient (Wildman–Crippen LogP) is -8.06. The SMILES string of the molecule is O=C(O)CN(CCN(CC(=O)O)CC(=O)O)CC(=O)O.[Cl-].[Cs+]. The summed E-state index contributed by atoms with van der Waals surface area (Å²) in [5.74, 6) is -4.91. The normalized spacial score (nSPS) is 9.73. The van der Waals surface area contributed by atoms with Gasteiger partial charge in [0.15, 0.2) is 0 Å². The second-order valence-corrected chi connectivity index (χ2v) is 4.00. The molecule has 122 valence electrons. The van der Waals surface area contributed by atoms with Crippen LogP contribution in [0.2, 0.25) is 0 Å². The average molecular weight is 461 g/mol. The first-order chi connectivity index (χ1) is 9.20. The largest absolute Gasteiger partial charge is 1.00 e. The molecule has 0 aromatic rings. The summed E-state index contributed by atoms with van der Waals surface area (Å²) in [6, 6.07) is 0. The molecule has 0 saturated heterocycles. The summed E-state index contributed by atoms with van der Waals surface area (Å²) in [6.45, 7) is -2.25. The van der Waals surface area contributed by atoms with Crippen molar-refractivity contribution in [1.29, 1.82) is 0 Å². The van der Waals surface area contributed by atoms with Crippen LogP contribution in [0.4, 0.5) is 0 Å². The fraction of sp³-hybridized carbons (Fsp3) is 0.600. The maximum absolute atomic E-state index is 10.6. The third-order valence-electron chi connectivity index (χ3n) is 2.17. The van der Waals surface area contributed by atoms with E-state index in [1.54, 1.807) is 0 Å². The van der Waals surface area contributed by atoms with E-state index in [0.29, 0.717) is 0 Å². The molecule has 0 amide bonds. The van der Waals surface area contributed by atoms with E-state index in [9.17, 15) is 19.2 Å². The molecule has 0 atom stereocenters. The van der Waals surface area contributed by atoms with Crippen LogP contribution in [0.3, 0.4) is 0 Å². The molecule has 0 unspecified atom stereocenters. The molecule has 0 heterocycles. The van der Waals surface area contributed by atoms with E-state index in [1.165, 1.54) is 0 Å². The molecule has 0 radical (unpaired) electrons. The molecule has 0 saturated carbocycles. The first-order valence-corrected chi connectivity index (χ1v) is 5.52. The Morgan fingerprint density at radius 2 is 0.773 bits per heavy atom. The van der Waals surface area contributed by atoms with Crippen molar-refractivity contribution in [3.63, 3.8) is 0 Å². The molecule has 0 bridgehead atoms. The minimum atomic E-state index is -1.23. The minimum absolute atomic E-state index is 0. The van der Waals surface area contributed by atoms with Crippen LogP contribution in [0.5, 0.6) is 0 Å². The molecule has 0 spiro atoms. The summed E-state index contributed by atoms with van der Waals surface area (Å²) in [5, 5.41) is 34.5. The van der Waals surface area contributed by atoms with Crippen LogP contribution < -0.4 is 81.3 Å². The Balaban J connectivity index is -0.00000180. The van der Waals surface area contributed by atoms with Gasteiger partial charge in [0.1, 0.15) is 0 Å². The van der Waals surface area contributed by atoms with Crippen molar-refractivity contribution in [1.82, 2.24) is 9.80 Å².